The van der Waals surface area contributed by atoms with Gasteiger partial charge in [-0.1, -0.05) is 24.3 Å². The van der Waals surface area contributed by atoms with Crippen molar-refractivity contribution in [2.75, 3.05) is 0 Å². The second kappa shape index (κ2) is 5.21. The van der Waals surface area contributed by atoms with Crippen LogP contribution in [0.25, 0.3) is 0 Å². The van der Waals surface area contributed by atoms with E-state index in [1.807, 2.05) is 24.3 Å². The minimum atomic E-state index is -0.287. The summed E-state index contributed by atoms with van der Waals surface area (Å²) in [6, 6.07) is 8.06. The summed E-state index contributed by atoms with van der Waals surface area (Å²) in [5.74, 6) is 0. The van der Waals surface area contributed by atoms with Crippen molar-refractivity contribution in [3.05, 3.63) is 29.8 Å². The molecule has 1 aliphatic rings. The lowest BCUT2D eigenvalue weighted by atomic mass is 9.79. The Morgan fingerprint density at radius 3 is 1.89 bits per heavy atom. The van der Waals surface area contributed by atoms with Crippen molar-refractivity contribution in [2.45, 2.75) is 45.4 Å². The van der Waals surface area contributed by atoms with Gasteiger partial charge in [0.1, 0.15) is 0 Å². The van der Waals surface area contributed by atoms with Gasteiger partial charge < -0.3 is 27.4 Å². The van der Waals surface area contributed by atoms with Crippen molar-refractivity contribution in [1.82, 2.24) is 0 Å². The van der Waals surface area contributed by atoms with E-state index in [1.165, 1.54) is 0 Å². The molecule has 1 saturated heterocycles. The Morgan fingerprint density at radius 2 is 1.50 bits per heavy atom. The molecule has 0 saturated carbocycles. The quantitative estimate of drug-likeness (QED) is 0.669. The van der Waals surface area contributed by atoms with Crippen LogP contribution in [0.5, 0.6) is 0 Å². The van der Waals surface area contributed by atoms with E-state index in [1.54, 1.807) is 0 Å². The van der Waals surface area contributed by atoms with Crippen LogP contribution in [-0.4, -0.2) is 18.3 Å². The number of hydrogen-bond acceptors (Lipinski definition) is 3. The maximum Gasteiger partial charge on any atom is 1.00 e. The highest BCUT2D eigenvalue weighted by molar-refractivity contribution is 6.62. The van der Waals surface area contributed by atoms with Crippen molar-refractivity contribution < 1.29 is 23.1 Å². The van der Waals surface area contributed by atoms with Gasteiger partial charge in [-0.15, -0.1) is 0 Å². The fourth-order valence-electron chi connectivity index (χ4n) is 1.79. The topological polar surface area (TPSA) is 44.5 Å². The number of benzene rings is 1. The molecule has 0 amide bonds. The Balaban J connectivity index is 0.00000162. The maximum absolute atomic E-state index is 5.97. The van der Waals surface area contributed by atoms with Gasteiger partial charge in [0.05, 0.1) is 11.2 Å². The molecule has 2 rings (SSSR count). The van der Waals surface area contributed by atoms with Gasteiger partial charge in [0, 0.05) is 6.54 Å². The number of hydrogen-bond donors (Lipinski definition) is 1. The molecule has 1 aromatic carbocycles. The molecule has 0 radical (unpaired) electrons. The van der Waals surface area contributed by atoms with Gasteiger partial charge >= 0.3 is 8.55 Å². The molecule has 2 N–H and O–H groups in total. The summed E-state index contributed by atoms with van der Waals surface area (Å²) < 4.78 is 11.9. The lowest BCUT2D eigenvalue weighted by Crippen LogP contribution is -3.00. The van der Waals surface area contributed by atoms with Crippen LogP contribution >= 0.6 is 0 Å². The first-order chi connectivity index (χ1) is 7.86. The zero-order valence-electron chi connectivity index (χ0n) is 12.4. The Bertz CT molecular complexity index is 396. The van der Waals surface area contributed by atoms with Crippen LogP contribution in [0.1, 0.15) is 34.7 Å². The van der Waals surface area contributed by atoms with E-state index >= 15 is 0 Å². The molecule has 3 nitrogen and oxygen atoms in total. The molecule has 1 aliphatic heterocycles. The fraction of sp³-hybridized carbons (Fsp3) is 0.538. The van der Waals surface area contributed by atoms with Gasteiger partial charge in [0.2, 0.25) is 0 Å². The number of rotatable bonds is 2. The zero-order chi connectivity index (χ0) is 12.7. The maximum atomic E-state index is 5.97. The van der Waals surface area contributed by atoms with Crippen molar-refractivity contribution in [3.8, 4) is 0 Å². The first kappa shape index (κ1) is 15.5. The van der Waals surface area contributed by atoms with Crippen LogP contribution < -0.4 is 23.6 Å². The molecule has 18 heavy (non-hydrogen) atoms. The summed E-state index contributed by atoms with van der Waals surface area (Å²) in [7, 11) is -0.285. The highest BCUT2D eigenvalue weighted by Gasteiger charge is 2.51. The van der Waals surface area contributed by atoms with E-state index in [0.29, 0.717) is 6.54 Å². The molecular formula is C13H21BClNO2. The molecule has 0 spiro atoms. The summed E-state index contributed by atoms with van der Waals surface area (Å²) in [5, 5.41) is 0. The molecule has 0 bridgehead atoms. The molecule has 5 heteroatoms. The van der Waals surface area contributed by atoms with Gasteiger partial charge in [0.25, 0.3) is 0 Å². The highest BCUT2D eigenvalue weighted by Crippen LogP contribution is 2.36. The molecule has 1 fully saturated rings. The Morgan fingerprint density at radius 1 is 1.06 bits per heavy atom. The summed E-state index contributed by atoms with van der Waals surface area (Å²) in [6.07, 6.45) is 0. The van der Waals surface area contributed by atoms with Crippen LogP contribution in [0.2, 0.25) is 0 Å². The SMILES string of the molecule is CC1(C)OB(c2ccc(CN)cc2)OC1(C)C.[Cl-].[H+]. The third kappa shape index (κ3) is 2.72. The minimum absolute atomic E-state index is 0. The zero-order valence-corrected chi connectivity index (χ0v) is 12.1. The van der Waals surface area contributed by atoms with Crippen molar-refractivity contribution in [1.29, 1.82) is 0 Å². The summed E-state index contributed by atoms with van der Waals surface area (Å²) in [4.78, 5) is 0. The summed E-state index contributed by atoms with van der Waals surface area (Å²) in [5.41, 5.74) is 7.16. The van der Waals surface area contributed by atoms with Gasteiger partial charge in [-0.05, 0) is 38.7 Å². The highest BCUT2D eigenvalue weighted by atomic mass is 35.5. The molecule has 0 aliphatic carbocycles. The predicted octanol–water partition coefficient (Wildman–Crippen LogP) is -1.44. The summed E-state index contributed by atoms with van der Waals surface area (Å²) >= 11 is 0. The third-order valence-electron chi connectivity index (χ3n) is 3.74. The first-order valence-electron chi connectivity index (χ1n) is 6.00. The van der Waals surface area contributed by atoms with Crippen LogP contribution in [-0.2, 0) is 15.9 Å². The fourth-order valence-corrected chi connectivity index (χ4v) is 1.79. The lowest BCUT2D eigenvalue weighted by Gasteiger charge is -2.32. The molecule has 0 aromatic heterocycles. The Hall–Kier alpha value is -0.545. The van der Waals surface area contributed by atoms with E-state index in [2.05, 4.69) is 27.7 Å². The second-order valence-electron chi connectivity index (χ2n) is 5.53. The van der Waals surface area contributed by atoms with E-state index in [0.717, 1.165) is 11.0 Å². The van der Waals surface area contributed by atoms with Crippen molar-refractivity contribution in [2.24, 2.45) is 5.73 Å². The van der Waals surface area contributed by atoms with Gasteiger partial charge in [-0.25, -0.2) is 0 Å². The largest absolute Gasteiger partial charge is 1.00 e. The molecular weight excluding hydrogens is 248 g/mol. The Kier molecular flexibility index (Phi) is 4.49. The third-order valence-corrected chi connectivity index (χ3v) is 3.74. The number of halogens is 1. The van der Waals surface area contributed by atoms with Gasteiger partial charge in [-0.2, -0.15) is 0 Å². The van der Waals surface area contributed by atoms with E-state index in [9.17, 15) is 0 Å². The van der Waals surface area contributed by atoms with E-state index < -0.39 is 0 Å². The molecule has 100 valence electrons. The standard InChI is InChI=1S/C13H20BNO2.ClH/c1-12(2)13(3,4)17-14(16-12)11-7-5-10(9-15)6-8-11;/h5-8H,9,15H2,1-4H3;1H. The number of nitrogens with two attached hydrogens (primary N) is 1. The van der Waals surface area contributed by atoms with E-state index in [4.69, 9.17) is 15.0 Å². The molecule has 0 atom stereocenters. The van der Waals surface area contributed by atoms with Crippen molar-refractivity contribution in [3.63, 3.8) is 0 Å². The predicted molar refractivity (Wildman–Crippen MR) is 71.2 cm³/mol. The van der Waals surface area contributed by atoms with Crippen LogP contribution in [0.3, 0.4) is 0 Å². The monoisotopic (exact) mass is 269 g/mol. The van der Waals surface area contributed by atoms with Crippen LogP contribution in [0.4, 0.5) is 0 Å². The summed E-state index contributed by atoms with van der Waals surface area (Å²) in [6.45, 7) is 8.79. The van der Waals surface area contributed by atoms with Crippen LogP contribution in [0.15, 0.2) is 24.3 Å². The normalized spacial score (nSPS) is 20.6. The Labute approximate surface area is 117 Å². The molecule has 0 unspecified atom stereocenters. The van der Waals surface area contributed by atoms with Crippen LogP contribution in [0, 0.1) is 0 Å². The van der Waals surface area contributed by atoms with Gasteiger partial charge in [0.15, 0.2) is 0 Å². The molecule has 1 heterocycles. The van der Waals surface area contributed by atoms with Gasteiger partial charge in [-0.3, -0.25) is 0 Å². The van der Waals surface area contributed by atoms with E-state index in [-0.39, 0.29) is 32.2 Å². The lowest BCUT2D eigenvalue weighted by molar-refractivity contribution is -0.00000661. The average Bonchev–Trinajstić information content (AvgIpc) is 2.48. The molecule has 1 aromatic rings. The average molecular weight is 270 g/mol. The van der Waals surface area contributed by atoms with Crippen molar-refractivity contribution >= 4 is 12.6 Å². The smallest absolute Gasteiger partial charge is 1.00 e. The second-order valence-corrected chi connectivity index (χ2v) is 5.53. The first-order valence-corrected chi connectivity index (χ1v) is 6.00. The minimum Gasteiger partial charge on any atom is -1.00 e.